The third kappa shape index (κ3) is 1.53. The summed E-state index contributed by atoms with van der Waals surface area (Å²) in [5, 5.41) is 18.9. The van der Waals surface area contributed by atoms with Crippen LogP contribution >= 0.6 is 15.9 Å². The fourth-order valence-corrected chi connectivity index (χ4v) is 2.38. The van der Waals surface area contributed by atoms with E-state index in [0.717, 1.165) is 10.9 Å². The maximum Gasteiger partial charge on any atom is 0.314 e. The second kappa shape index (κ2) is 3.52. The first kappa shape index (κ1) is 10.5. The van der Waals surface area contributed by atoms with E-state index in [2.05, 4.69) is 15.9 Å². The Morgan fingerprint density at radius 1 is 1.40 bits per heavy atom. The fourth-order valence-electron chi connectivity index (χ4n) is 2.02. The van der Waals surface area contributed by atoms with Crippen molar-refractivity contribution in [2.45, 2.75) is 24.7 Å². The van der Waals surface area contributed by atoms with Gasteiger partial charge in [-0.15, -0.1) is 0 Å². The Kier molecular flexibility index (Phi) is 2.46. The van der Waals surface area contributed by atoms with Crippen LogP contribution in [0.1, 0.15) is 24.8 Å². The van der Waals surface area contributed by atoms with Gasteiger partial charge in [-0.05, 0) is 31.0 Å². The summed E-state index contributed by atoms with van der Waals surface area (Å²) < 4.78 is 0.794. The maximum absolute atomic E-state index is 11.2. The Balaban J connectivity index is 2.51. The molecule has 1 fully saturated rings. The highest BCUT2D eigenvalue weighted by Crippen LogP contribution is 2.47. The van der Waals surface area contributed by atoms with Gasteiger partial charge in [-0.3, -0.25) is 4.79 Å². The van der Waals surface area contributed by atoms with Gasteiger partial charge >= 0.3 is 5.97 Å². The second-order valence-corrected chi connectivity index (χ2v) is 4.82. The van der Waals surface area contributed by atoms with Crippen LogP contribution in [0, 0.1) is 0 Å². The van der Waals surface area contributed by atoms with Crippen molar-refractivity contribution in [2.75, 3.05) is 0 Å². The molecule has 4 heteroatoms. The van der Waals surface area contributed by atoms with Crippen LogP contribution in [-0.4, -0.2) is 16.2 Å². The number of benzene rings is 1. The first-order valence-electron chi connectivity index (χ1n) is 4.79. The van der Waals surface area contributed by atoms with Crippen LogP contribution in [0.3, 0.4) is 0 Å². The van der Waals surface area contributed by atoms with Gasteiger partial charge in [0, 0.05) is 10.0 Å². The largest absolute Gasteiger partial charge is 0.508 e. The third-order valence-electron chi connectivity index (χ3n) is 3.09. The summed E-state index contributed by atoms with van der Waals surface area (Å²) >= 11 is 3.29. The summed E-state index contributed by atoms with van der Waals surface area (Å²) in [7, 11) is 0. The molecule has 0 aromatic heterocycles. The SMILES string of the molecule is O=C(O)C1(c2cc(Br)ccc2O)CCC1. The summed E-state index contributed by atoms with van der Waals surface area (Å²) in [6, 6.07) is 4.93. The molecule has 15 heavy (non-hydrogen) atoms. The third-order valence-corrected chi connectivity index (χ3v) is 3.58. The van der Waals surface area contributed by atoms with Crippen molar-refractivity contribution in [3.8, 4) is 5.75 Å². The van der Waals surface area contributed by atoms with Gasteiger partial charge in [0.2, 0.25) is 0 Å². The highest BCUT2D eigenvalue weighted by atomic mass is 79.9. The van der Waals surface area contributed by atoms with Crippen molar-refractivity contribution in [3.63, 3.8) is 0 Å². The number of aliphatic carboxylic acids is 1. The molecule has 2 rings (SSSR count). The van der Waals surface area contributed by atoms with Crippen LogP contribution in [-0.2, 0) is 10.2 Å². The number of carbonyl (C=O) groups is 1. The Bertz CT molecular complexity index is 410. The van der Waals surface area contributed by atoms with Crippen molar-refractivity contribution < 1.29 is 15.0 Å². The van der Waals surface area contributed by atoms with E-state index >= 15 is 0 Å². The molecule has 80 valence electrons. The molecule has 0 unspecified atom stereocenters. The van der Waals surface area contributed by atoms with Gasteiger partial charge in [0.1, 0.15) is 5.75 Å². The number of aromatic hydroxyl groups is 1. The van der Waals surface area contributed by atoms with Gasteiger partial charge in [-0.1, -0.05) is 22.4 Å². The lowest BCUT2D eigenvalue weighted by Crippen LogP contribution is -2.42. The predicted molar refractivity (Wildman–Crippen MR) is 59.0 cm³/mol. The lowest BCUT2D eigenvalue weighted by molar-refractivity contribution is -0.147. The molecule has 0 saturated heterocycles. The second-order valence-electron chi connectivity index (χ2n) is 3.90. The van der Waals surface area contributed by atoms with Crippen molar-refractivity contribution in [3.05, 3.63) is 28.2 Å². The lowest BCUT2D eigenvalue weighted by atomic mass is 9.64. The molecule has 3 nitrogen and oxygen atoms in total. The summed E-state index contributed by atoms with van der Waals surface area (Å²) in [5.74, 6) is -0.776. The molecule has 0 spiro atoms. The topological polar surface area (TPSA) is 57.5 Å². The number of carboxylic acid groups (broad SMARTS) is 1. The molecule has 0 amide bonds. The molecule has 0 heterocycles. The van der Waals surface area contributed by atoms with Crippen LogP contribution in [0.15, 0.2) is 22.7 Å². The van der Waals surface area contributed by atoms with Crippen LogP contribution in [0.25, 0.3) is 0 Å². The summed E-state index contributed by atoms with van der Waals surface area (Å²) in [6.07, 6.45) is 2.11. The van der Waals surface area contributed by atoms with Crippen LogP contribution < -0.4 is 0 Å². The van der Waals surface area contributed by atoms with Crippen LogP contribution in [0.2, 0.25) is 0 Å². The number of phenolic OH excluding ortho intramolecular Hbond substituents is 1. The standard InChI is InChI=1S/C11H11BrO3/c12-7-2-3-9(13)8(6-7)11(10(14)15)4-1-5-11/h2-3,6,13H,1,4-5H2,(H,14,15). The lowest BCUT2D eigenvalue weighted by Gasteiger charge is -2.38. The van der Waals surface area contributed by atoms with Crippen LogP contribution in [0.4, 0.5) is 0 Å². The minimum absolute atomic E-state index is 0.0697. The van der Waals surface area contributed by atoms with Crippen molar-refractivity contribution >= 4 is 21.9 Å². The zero-order valence-corrected chi connectivity index (χ0v) is 9.62. The first-order valence-corrected chi connectivity index (χ1v) is 5.58. The monoisotopic (exact) mass is 270 g/mol. The number of hydrogen-bond donors (Lipinski definition) is 2. The number of hydrogen-bond acceptors (Lipinski definition) is 2. The van der Waals surface area contributed by atoms with Gasteiger partial charge in [0.15, 0.2) is 0 Å². The Hall–Kier alpha value is -1.03. The van der Waals surface area contributed by atoms with Crippen LogP contribution in [0.5, 0.6) is 5.75 Å². The average molecular weight is 271 g/mol. The van der Waals surface area contributed by atoms with Crippen molar-refractivity contribution in [2.24, 2.45) is 0 Å². The Morgan fingerprint density at radius 2 is 2.07 bits per heavy atom. The molecule has 1 aromatic rings. The predicted octanol–water partition coefficient (Wildman–Crippen LogP) is 2.66. The zero-order chi connectivity index (χ0) is 11.1. The molecule has 0 bridgehead atoms. The summed E-state index contributed by atoms with van der Waals surface area (Å²) in [4.78, 5) is 11.2. The summed E-state index contributed by atoms with van der Waals surface area (Å²) in [5.41, 5.74) is -0.343. The number of carboxylic acids is 1. The first-order chi connectivity index (χ1) is 7.06. The average Bonchev–Trinajstić information content (AvgIpc) is 2.08. The Labute approximate surface area is 95.9 Å². The molecule has 0 atom stereocenters. The molecule has 1 saturated carbocycles. The molecule has 1 aliphatic carbocycles. The van der Waals surface area contributed by atoms with Gasteiger partial charge in [0.25, 0.3) is 0 Å². The minimum Gasteiger partial charge on any atom is -0.508 e. The smallest absolute Gasteiger partial charge is 0.314 e. The number of halogens is 1. The van der Waals surface area contributed by atoms with E-state index in [0.29, 0.717) is 18.4 Å². The van der Waals surface area contributed by atoms with E-state index < -0.39 is 11.4 Å². The van der Waals surface area contributed by atoms with E-state index in [4.69, 9.17) is 0 Å². The van der Waals surface area contributed by atoms with Gasteiger partial charge < -0.3 is 10.2 Å². The normalized spacial score (nSPS) is 18.2. The molecular formula is C11H11BrO3. The van der Waals surface area contributed by atoms with Gasteiger partial charge in [-0.25, -0.2) is 0 Å². The van der Waals surface area contributed by atoms with E-state index in [9.17, 15) is 15.0 Å². The zero-order valence-electron chi connectivity index (χ0n) is 8.03. The maximum atomic E-state index is 11.2. The highest BCUT2D eigenvalue weighted by molar-refractivity contribution is 9.10. The molecule has 1 aromatic carbocycles. The number of rotatable bonds is 2. The van der Waals surface area contributed by atoms with Gasteiger partial charge in [0.05, 0.1) is 5.41 Å². The minimum atomic E-state index is -0.867. The highest BCUT2D eigenvalue weighted by Gasteiger charge is 2.47. The molecule has 1 aliphatic rings. The molecular weight excluding hydrogens is 260 g/mol. The molecule has 2 N–H and O–H groups in total. The molecule has 0 aliphatic heterocycles. The van der Waals surface area contributed by atoms with Crippen molar-refractivity contribution in [1.82, 2.24) is 0 Å². The van der Waals surface area contributed by atoms with E-state index in [1.807, 2.05) is 0 Å². The number of phenols is 1. The molecule has 0 radical (unpaired) electrons. The Morgan fingerprint density at radius 3 is 2.53 bits per heavy atom. The van der Waals surface area contributed by atoms with Crippen molar-refractivity contribution in [1.29, 1.82) is 0 Å². The summed E-state index contributed by atoms with van der Waals surface area (Å²) in [6.45, 7) is 0. The van der Waals surface area contributed by atoms with E-state index in [1.54, 1.807) is 12.1 Å². The quantitative estimate of drug-likeness (QED) is 0.869. The fraction of sp³-hybridized carbons (Fsp3) is 0.364. The van der Waals surface area contributed by atoms with E-state index in [1.165, 1.54) is 6.07 Å². The van der Waals surface area contributed by atoms with E-state index in [-0.39, 0.29) is 5.75 Å². The van der Waals surface area contributed by atoms with Gasteiger partial charge in [-0.2, -0.15) is 0 Å².